The Bertz CT molecular complexity index is 647. The molecule has 0 radical (unpaired) electrons. The normalized spacial score (nSPS) is 16.8. The van der Waals surface area contributed by atoms with Crippen LogP contribution in [0.5, 0.6) is 0 Å². The fourth-order valence-corrected chi connectivity index (χ4v) is 2.99. The van der Waals surface area contributed by atoms with E-state index in [2.05, 4.69) is 32.3 Å². The molecule has 1 aromatic carbocycles. The lowest BCUT2D eigenvalue weighted by molar-refractivity contribution is 0.0187. The van der Waals surface area contributed by atoms with Gasteiger partial charge in [0.25, 0.3) is 0 Å². The van der Waals surface area contributed by atoms with Gasteiger partial charge >= 0.3 is 0 Å². The smallest absolute Gasteiger partial charge is 0.186 e. The predicted octanol–water partition coefficient (Wildman–Crippen LogP) is 2.66. The largest absolute Gasteiger partial charge is 0.379 e. The van der Waals surface area contributed by atoms with E-state index in [4.69, 9.17) is 4.74 Å². The van der Waals surface area contributed by atoms with Gasteiger partial charge in [0.2, 0.25) is 0 Å². The van der Waals surface area contributed by atoms with Crippen LogP contribution in [0.1, 0.15) is 24.2 Å². The molecule has 1 atom stereocenters. The maximum Gasteiger partial charge on any atom is 0.186 e. The molecule has 1 N–H and O–H groups in total. The number of aryl methyl sites for hydroxylation is 1. The zero-order chi connectivity index (χ0) is 16.8. The Kier molecular flexibility index (Phi) is 5.72. The maximum atomic E-state index is 14.3. The van der Waals surface area contributed by atoms with Gasteiger partial charge in [-0.25, -0.2) is 14.4 Å². The minimum atomic E-state index is -0.353. The molecular formula is C18H23FN4O. The number of benzene rings is 1. The summed E-state index contributed by atoms with van der Waals surface area (Å²) in [5.74, 6) is -0.0789. The van der Waals surface area contributed by atoms with Crippen LogP contribution in [0.4, 0.5) is 10.2 Å². The summed E-state index contributed by atoms with van der Waals surface area (Å²) in [7, 11) is 0. The van der Waals surface area contributed by atoms with Crippen molar-refractivity contribution >= 4 is 5.82 Å². The third-order valence-electron chi connectivity index (χ3n) is 4.33. The van der Waals surface area contributed by atoms with Crippen LogP contribution >= 0.6 is 0 Å². The Hall–Kier alpha value is -2.05. The van der Waals surface area contributed by atoms with E-state index < -0.39 is 0 Å². The highest BCUT2D eigenvalue weighted by Crippen LogP contribution is 2.23. The number of rotatable bonds is 6. The Labute approximate surface area is 141 Å². The van der Waals surface area contributed by atoms with E-state index in [1.807, 2.05) is 25.1 Å². The quantitative estimate of drug-likeness (QED) is 0.882. The van der Waals surface area contributed by atoms with Gasteiger partial charge in [0, 0.05) is 19.6 Å². The second kappa shape index (κ2) is 8.17. The third-order valence-corrected chi connectivity index (χ3v) is 4.33. The molecule has 1 aromatic heterocycles. The number of hydrogen-bond donors (Lipinski definition) is 1. The molecule has 0 aliphatic carbocycles. The topological polar surface area (TPSA) is 50.3 Å². The highest BCUT2D eigenvalue weighted by atomic mass is 19.1. The van der Waals surface area contributed by atoms with Crippen molar-refractivity contribution in [3.63, 3.8) is 0 Å². The molecule has 0 spiro atoms. The number of nitrogens with one attached hydrogen (secondary N) is 1. The van der Waals surface area contributed by atoms with Crippen LogP contribution in [-0.2, 0) is 11.2 Å². The molecule has 6 heteroatoms. The number of hydrogen-bond acceptors (Lipinski definition) is 5. The Morgan fingerprint density at radius 2 is 1.96 bits per heavy atom. The van der Waals surface area contributed by atoms with Crippen LogP contribution in [0.2, 0.25) is 0 Å². The molecule has 1 unspecified atom stereocenters. The molecule has 1 aliphatic rings. The summed E-state index contributed by atoms with van der Waals surface area (Å²) in [6.07, 6.45) is 1.96. The molecule has 128 valence electrons. The summed E-state index contributed by atoms with van der Waals surface area (Å²) in [4.78, 5) is 10.4. The summed E-state index contributed by atoms with van der Waals surface area (Å²) in [5.41, 5.74) is 1.65. The second-order valence-corrected chi connectivity index (χ2v) is 5.79. The molecule has 1 saturated heterocycles. The van der Waals surface area contributed by atoms with Gasteiger partial charge in [0.15, 0.2) is 11.6 Å². The van der Waals surface area contributed by atoms with Crippen molar-refractivity contribution in [1.29, 1.82) is 0 Å². The first kappa shape index (κ1) is 16.8. The van der Waals surface area contributed by atoms with E-state index in [1.54, 1.807) is 0 Å². The van der Waals surface area contributed by atoms with Crippen LogP contribution in [0, 0.1) is 5.82 Å². The predicted molar refractivity (Wildman–Crippen MR) is 91.4 cm³/mol. The molecular weight excluding hydrogens is 307 g/mol. The molecule has 1 fully saturated rings. The molecule has 0 bridgehead atoms. The van der Waals surface area contributed by atoms with Crippen molar-refractivity contribution in [3.05, 3.63) is 53.7 Å². The van der Waals surface area contributed by atoms with Crippen LogP contribution in [0.3, 0.4) is 0 Å². The van der Waals surface area contributed by atoms with E-state index >= 15 is 0 Å². The number of ether oxygens (including phenoxy) is 1. The molecule has 2 aromatic rings. The van der Waals surface area contributed by atoms with E-state index in [0.717, 1.165) is 26.3 Å². The van der Waals surface area contributed by atoms with Crippen LogP contribution in [0.25, 0.3) is 0 Å². The molecule has 2 heterocycles. The minimum Gasteiger partial charge on any atom is -0.379 e. The van der Waals surface area contributed by atoms with Crippen molar-refractivity contribution < 1.29 is 9.13 Å². The first-order chi connectivity index (χ1) is 11.8. The summed E-state index contributed by atoms with van der Waals surface area (Å²) in [6, 6.07) is 10.4. The zero-order valence-electron chi connectivity index (χ0n) is 13.9. The second-order valence-electron chi connectivity index (χ2n) is 5.79. The van der Waals surface area contributed by atoms with Crippen LogP contribution in [0.15, 0.2) is 36.7 Å². The van der Waals surface area contributed by atoms with E-state index in [0.29, 0.717) is 18.7 Å². The minimum absolute atomic E-state index is 0.148. The first-order valence-corrected chi connectivity index (χ1v) is 8.39. The number of anilines is 1. The van der Waals surface area contributed by atoms with Crippen LogP contribution in [-0.4, -0.2) is 47.7 Å². The third kappa shape index (κ3) is 3.88. The van der Waals surface area contributed by atoms with Gasteiger partial charge in [-0.05, 0) is 12.0 Å². The molecule has 1 aliphatic heterocycles. The Morgan fingerprint density at radius 1 is 1.21 bits per heavy atom. The van der Waals surface area contributed by atoms with Gasteiger partial charge in [-0.15, -0.1) is 0 Å². The average Bonchev–Trinajstić information content (AvgIpc) is 2.65. The van der Waals surface area contributed by atoms with Crippen LogP contribution < -0.4 is 5.32 Å². The highest BCUT2D eigenvalue weighted by Gasteiger charge is 2.23. The van der Waals surface area contributed by atoms with Gasteiger partial charge in [-0.3, -0.25) is 4.90 Å². The van der Waals surface area contributed by atoms with Crippen molar-refractivity contribution in [2.45, 2.75) is 19.4 Å². The monoisotopic (exact) mass is 330 g/mol. The highest BCUT2D eigenvalue weighted by molar-refractivity contribution is 5.38. The lowest BCUT2D eigenvalue weighted by Gasteiger charge is -2.35. The van der Waals surface area contributed by atoms with Crippen molar-refractivity contribution in [3.8, 4) is 0 Å². The lowest BCUT2D eigenvalue weighted by Crippen LogP contribution is -2.41. The standard InChI is InChI=1S/C18H23FN4O/c1-2-15-17(19)18(22-13-21-15)20-12-16(14-6-4-3-5-7-14)23-8-10-24-11-9-23/h3-7,13,16H,2,8-12H2,1H3,(H,20,21,22). The molecule has 3 rings (SSSR count). The number of morpholine rings is 1. The molecule has 24 heavy (non-hydrogen) atoms. The van der Waals surface area contributed by atoms with E-state index in [1.165, 1.54) is 11.9 Å². The average molecular weight is 330 g/mol. The van der Waals surface area contributed by atoms with Gasteiger partial charge in [-0.1, -0.05) is 37.3 Å². The summed E-state index contributed by atoms with van der Waals surface area (Å²) >= 11 is 0. The van der Waals surface area contributed by atoms with Gasteiger partial charge < -0.3 is 10.1 Å². The number of aromatic nitrogens is 2. The zero-order valence-corrected chi connectivity index (χ0v) is 13.9. The Balaban J connectivity index is 1.77. The summed E-state index contributed by atoms with van der Waals surface area (Å²) < 4.78 is 19.8. The number of nitrogens with zero attached hydrogens (tertiary/aromatic N) is 3. The summed E-state index contributed by atoms with van der Waals surface area (Å²) in [5, 5.41) is 3.17. The first-order valence-electron chi connectivity index (χ1n) is 8.39. The maximum absolute atomic E-state index is 14.3. The SMILES string of the molecule is CCc1ncnc(NCC(c2ccccc2)N2CCOCC2)c1F. The number of halogens is 1. The fourth-order valence-electron chi connectivity index (χ4n) is 2.99. The molecule has 0 amide bonds. The Morgan fingerprint density at radius 3 is 2.67 bits per heavy atom. The molecule has 0 saturated carbocycles. The van der Waals surface area contributed by atoms with Gasteiger partial charge in [0.05, 0.1) is 24.9 Å². The fraction of sp³-hybridized carbons (Fsp3) is 0.444. The lowest BCUT2D eigenvalue weighted by atomic mass is 10.0. The molecule has 5 nitrogen and oxygen atoms in total. The van der Waals surface area contributed by atoms with E-state index in [-0.39, 0.29) is 17.7 Å². The summed E-state index contributed by atoms with van der Waals surface area (Å²) in [6.45, 7) is 5.66. The van der Waals surface area contributed by atoms with Crippen molar-refractivity contribution in [1.82, 2.24) is 14.9 Å². The van der Waals surface area contributed by atoms with Crippen molar-refractivity contribution in [2.75, 3.05) is 38.2 Å². The van der Waals surface area contributed by atoms with Gasteiger partial charge in [-0.2, -0.15) is 0 Å². The van der Waals surface area contributed by atoms with E-state index in [9.17, 15) is 4.39 Å². The van der Waals surface area contributed by atoms with Gasteiger partial charge in [0.1, 0.15) is 6.33 Å². The van der Waals surface area contributed by atoms with Crippen molar-refractivity contribution in [2.24, 2.45) is 0 Å².